The smallest absolute Gasteiger partial charge is 0.252 e. The zero-order valence-corrected chi connectivity index (χ0v) is 25.2. The van der Waals surface area contributed by atoms with Crippen molar-refractivity contribution < 1.29 is 9.59 Å². The van der Waals surface area contributed by atoms with Crippen LogP contribution in [-0.4, -0.2) is 37.2 Å². The van der Waals surface area contributed by atoms with Crippen molar-refractivity contribution in [3.05, 3.63) is 157 Å². The van der Waals surface area contributed by atoms with Crippen LogP contribution in [0.4, 0.5) is 0 Å². The Morgan fingerprint density at radius 2 is 0.667 bits per heavy atom. The normalized spacial score (nSPS) is 10.9. The van der Waals surface area contributed by atoms with Gasteiger partial charge < -0.3 is 10.6 Å². The highest BCUT2D eigenvalue weighted by molar-refractivity contribution is 7.73. The van der Waals surface area contributed by atoms with E-state index in [0.717, 1.165) is 12.3 Å². The third-order valence-corrected chi connectivity index (χ3v) is 12.0. The van der Waals surface area contributed by atoms with Crippen molar-refractivity contribution in [3.63, 3.8) is 0 Å². The van der Waals surface area contributed by atoms with Crippen LogP contribution in [-0.2, 0) is 0 Å². The Labute approximate surface area is 250 Å². The van der Waals surface area contributed by atoms with Gasteiger partial charge in [-0.2, -0.15) is 0 Å². The molecule has 0 saturated heterocycles. The number of hydrogen-bond donors (Lipinski definition) is 2. The summed E-state index contributed by atoms with van der Waals surface area (Å²) in [5.41, 5.74) is 0.791. The molecule has 5 aromatic carbocycles. The van der Waals surface area contributed by atoms with Crippen LogP contribution in [0.25, 0.3) is 0 Å². The summed E-state index contributed by atoms with van der Waals surface area (Å²) in [7, 11) is -1.23. The first-order chi connectivity index (χ1) is 20.7. The van der Waals surface area contributed by atoms with Gasteiger partial charge in [-0.1, -0.05) is 133 Å². The summed E-state index contributed by atoms with van der Waals surface area (Å²) >= 11 is 0. The van der Waals surface area contributed by atoms with Crippen LogP contribution in [0.3, 0.4) is 0 Å². The lowest BCUT2D eigenvalue weighted by molar-refractivity contribution is 0.0922. The van der Waals surface area contributed by atoms with Crippen molar-refractivity contribution in [2.45, 2.75) is 0 Å². The minimum absolute atomic E-state index is 0.229. The van der Waals surface area contributed by atoms with Crippen molar-refractivity contribution in [1.29, 1.82) is 0 Å². The van der Waals surface area contributed by atoms with Crippen LogP contribution in [0.2, 0.25) is 0 Å². The fourth-order valence-electron chi connectivity index (χ4n) is 4.88. The van der Waals surface area contributed by atoms with Crippen molar-refractivity contribution in [1.82, 2.24) is 10.6 Å². The standard InChI is InChI=1S/C36H34N2O2P2/c39-35(37-25-27-41(29-15-5-1-6-16-29)30-17-7-2-8-18-30)33-23-13-14-24-34(33)36(40)38-26-28-42(31-19-9-3-10-20-31)32-21-11-4-12-22-32/h1-24H,25-28H2,(H,37,39)(H,38,40). The molecule has 2 N–H and O–H groups in total. The molecule has 0 aromatic heterocycles. The van der Waals surface area contributed by atoms with Gasteiger partial charge in [0.25, 0.3) is 11.8 Å². The van der Waals surface area contributed by atoms with Crippen molar-refractivity contribution in [3.8, 4) is 0 Å². The molecule has 6 heteroatoms. The second-order valence-electron chi connectivity index (χ2n) is 9.70. The van der Waals surface area contributed by atoms with Gasteiger partial charge in [-0.25, -0.2) is 0 Å². The minimum atomic E-state index is -0.616. The Kier molecular flexibility index (Phi) is 10.7. The highest BCUT2D eigenvalue weighted by Gasteiger charge is 2.19. The first-order valence-electron chi connectivity index (χ1n) is 14.1. The average molecular weight is 589 g/mol. The largest absolute Gasteiger partial charge is 0.352 e. The van der Waals surface area contributed by atoms with Gasteiger partial charge in [0.1, 0.15) is 0 Å². The molecule has 0 unspecified atom stereocenters. The van der Waals surface area contributed by atoms with Crippen LogP contribution >= 0.6 is 15.8 Å². The summed E-state index contributed by atoms with van der Waals surface area (Å²) < 4.78 is 0. The maximum absolute atomic E-state index is 13.3. The molecule has 0 fully saturated rings. The Bertz CT molecular complexity index is 1370. The minimum Gasteiger partial charge on any atom is -0.352 e. The van der Waals surface area contributed by atoms with Crippen LogP contribution in [0.1, 0.15) is 20.7 Å². The molecule has 0 heterocycles. The molecule has 0 aliphatic carbocycles. The molecule has 0 atom stereocenters. The van der Waals surface area contributed by atoms with E-state index in [1.165, 1.54) is 21.2 Å². The van der Waals surface area contributed by atoms with Crippen LogP contribution in [0.5, 0.6) is 0 Å². The molecule has 5 aromatic rings. The van der Waals surface area contributed by atoms with Gasteiger partial charge in [-0.3, -0.25) is 9.59 Å². The van der Waals surface area contributed by atoms with E-state index in [1.807, 2.05) is 24.3 Å². The monoisotopic (exact) mass is 588 g/mol. The number of carbonyl (C=O) groups is 2. The Morgan fingerprint density at radius 3 is 0.952 bits per heavy atom. The van der Waals surface area contributed by atoms with Gasteiger partial charge in [0.05, 0.1) is 11.1 Å². The van der Waals surface area contributed by atoms with E-state index in [0.29, 0.717) is 24.2 Å². The molecule has 0 radical (unpaired) electrons. The number of hydrogen-bond acceptors (Lipinski definition) is 2. The van der Waals surface area contributed by atoms with E-state index in [-0.39, 0.29) is 11.8 Å². The number of rotatable bonds is 12. The maximum Gasteiger partial charge on any atom is 0.252 e. The second-order valence-corrected chi connectivity index (χ2v) is 14.4. The predicted octanol–water partition coefficient (Wildman–Crippen LogP) is 5.41. The molecule has 0 spiro atoms. The highest BCUT2D eigenvalue weighted by atomic mass is 31.1. The van der Waals surface area contributed by atoms with Crippen LogP contribution in [0.15, 0.2) is 146 Å². The van der Waals surface area contributed by atoms with Gasteiger partial charge in [-0.05, 0) is 61.5 Å². The molecule has 5 rings (SSSR count). The molecule has 42 heavy (non-hydrogen) atoms. The Hall–Kier alpha value is -4.10. The van der Waals surface area contributed by atoms with Crippen molar-refractivity contribution in [2.75, 3.05) is 25.4 Å². The third kappa shape index (κ3) is 7.79. The van der Waals surface area contributed by atoms with E-state index in [2.05, 4.69) is 108 Å². The molecular weight excluding hydrogens is 554 g/mol. The van der Waals surface area contributed by atoms with Gasteiger partial charge in [0.15, 0.2) is 0 Å². The lowest BCUT2D eigenvalue weighted by atomic mass is 10.1. The topological polar surface area (TPSA) is 58.2 Å². The first-order valence-corrected chi connectivity index (χ1v) is 17.2. The van der Waals surface area contributed by atoms with E-state index in [9.17, 15) is 9.59 Å². The van der Waals surface area contributed by atoms with Crippen molar-refractivity contribution >= 4 is 48.9 Å². The van der Waals surface area contributed by atoms with E-state index < -0.39 is 15.8 Å². The highest BCUT2D eigenvalue weighted by Crippen LogP contribution is 2.33. The zero-order valence-electron chi connectivity index (χ0n) is 23.4. The van der Waals surface area contributed by atoms with Crippen LogP contribution in [0, 0.1) is 0 Å². The predicted molar refractivity (Wildman–Crippen MR) is 179 cm³/mol. The molecule has 0 aliphatic rings. The molecule has 4 nitrogen and oxygen atoms in total. The third-order valence-electron chi connectivity index (χ3n) is 6.93. The number of carbonyl (C=O) groups excluding carboxylic acids is 2. The summed E-state index contributed by atoms with van der Waals surface area (Å²) in [6.07, 6.45) is 1.62. The average Bonchev–Trinajstić information content (AvgIpc) is 3.06. The summed E-state index contributed by atoms with van der Waals surface area (Å²) in [5, 5.41) is 11.3. The number of benzene rings is 5. The summed E-state index contributed by atoms with van der Waals surface area (Å²) in [6.45, 7) is 1.03. The first kappa shape index (κ1) is 29.4. The lowest BCUT2D eigenvalue weighted by Crippen LogP contribution is -2.33. The van der Waals surface area contributed by atoms with Gasteiger partial charge >= 0.3 is 0 Å². The van der Waals surface area contributed by atoms with Gasteiger partial charge in [0.2, 0.25) is 0 Å². The van der Waals surface area contributed by atoms with Crippen LogP contribution < -0.4 is 31.9 Å². The summed E-state index contributed by atoms with van der Waals surface area (Å²) in [5.74, 6) is -0.458. The molecule has 0 bridgehead atoms. The molecular formula is C36H34N2O2P2. The lowest BCUT2D eigenvalue weighted by Gasteiger charge is -2.20. The Morgan fingerprint density at radius 1 is 0.405 bits per heavy atom. The van der Waals surface area contributed by atoms with Gasteiger partial charge in [-0.15, -0.1) is 0 Å². The van der Waals surface area contributed by atoms with E-state index in [4.69, 9.17) is 0 Å². The SMILES string of the molecule is O=C(NCCP(c1ccccc1)c1ccccc1)c1ccccc1C(=O)NCCP(c1ccccc1)c1ccccc1. The van der Waals surface area contributed by atoms with E-state index >= 15 is 0 Å². The van der Waals surface area contributed by atoms with Crippen molar-refractivity contribution in [2.24, 2.45) is 0 Å². The molecule has 210 valence electrons. The molecule has 2 amide bonds. The Balaban J connectivity index is 1.22. The maximum atomic E-state index is 13.3. The number of amides is 2. The second kappa shape index (κ2) is 15.2. The zero-order chi connectivity index (χ0) is 29.0. The number of nitrogens with one attached hydrogen (secondary N) is 2. The molecule has 0 aliphatic heterocycles. The summed E-state index contributed by atoms with van der Waals surface area (Å²) in [6, 6.07) is 48.9. The molecule has 0 saturated carbocycles. The summed E-state index contributed by atoms with van der Waals surface area (Å²) in [4.78, 5) is 26.6. The van der Waals surface area contributed by atoms with E-state index in [1.54, 1.807) is 24.3 Å². The fraction of sp³-hybridized carbons (Fsp3) is 0.111. The van der Waals surface area contributed by atoms with Gasteiger partial charge in [0, 0.05) is 13.1 Å². The fourth-order valence-corrected chi connectivity index (χ4v) is 9.31. The quantitative estimate of drug-likeness (QED) is 0.192.